The Morgan fingerprint density at radius 2 is 1.76 bits per heavy atom. The van der Waals surface area contributed by atoms with Gasteiger partial charge in [-0.2, -0.15) is 0 Å². The lowest BCUT2D eigenvalue weighted by Crippen LogP contribution is -2.50. The first-order chi connectivity index (χ1) is 7.72. The van der Waals surface area contributed by atoms with Crippen LogP contribution in [0.2, 0.25) is 0 Å². The maximum Gasteiger partial charge on any atom is 0.325 e. The van der Waals surface area contributed by atoms with Crippen LogP contribution in [0, 0.1) is 0 Å². The molecule has 1 atom stereocenters. The zero-order valence-corrected chi connectivity index (χ0v) is 12.1. The highest BCUT2D eigenvalue weighted by molar-refractivity contribution is 5.79. The van der Waals surface area contributed by atoms with E-state index in [1.165, 1.54) is 0 Å². The third-order valence-corrected chi connectivity index (χ3v) is 2.96. The maximum absolute atomic E-state index is 11.7. The molecule has 0 aromatic heterocycles. The molecule has 0 bridgehead atoms. The number of ether oxygens (including phenoxy) is 1. The zero-order chi connectivity index (χ0) is 13.6. The van der Waals surface area contributed by atoms with Crippen molar-refractivity contribution < 1.29 is 9.53 Å². The fraction of sp³-hybridized carbons (Fsp3) is 0.923. The van der Waals surface area contributed by atoms with Crippen LogP contribution in [0.15, 0.2) is 0 Å². The van der Waals surface area contributed by atoms with Crippen molar-refractivity contribution in [3.05, 3.63) is 0 Å². The number of hydrogen-bond acceptors (Lipinski definition) is 4. The summed E-state index contributed by atoms with van der Waals surface area (Å²) in [4.78, 5) is 14.0. The summed E-state index contributed by atoms with van der Waals surface area (Å²) in [6.45, 7) is 13.3. The minimum atomic E-state index is -0.891. The number of carbonyl (C=O) groups excluding carboxylic acids is 1. The third kappa shape index (κ3) is 5.50. The summed E-state index contributed by atoms with van der Waals surface area (Å²) in [5, 5.41) is 0. The van der Waals surface area contributed by atoms with Crippen LogP contribution in [0.3, 0.4) is 0 Å². The maximum atomic E-state index is 11.7. The molecule has 2 N–H and O–H groups in total. The highest BCUT2D eigenvalue weighted by atomic mass is 16.5. The van der Waals surface area contributed by atoms with Gasteiger partial charge >= 0.3 is 5.97 Å². The van der Waals surface area contributed by atoms with Crippen molar-refractivity contribution in [2.75, 3.05) is 13.2 Å². The monoisotopic (exact) mass is 244 g/mol. The second-order valence-electron chi connectivity index (χ2n) is 5.31. The van der Waals surface area contributed by atoms with E-state index in [1.54, 1.807) is 13.8 Å². The Kier molecular flexibility index (Phi) is 6.72. The summed E-state index contributed by atoms with van der Waals surface area (Å²) in [7, 11) is 0. The molecule has 0 fully saturated rings. The van der Waals surface area contributed by atoms with E-state index in [9.17, 15) is 4.79 Å². The van der Waals surface area contributed by atoms with Gasteiger partial charge in [-0.1, -0.05) is 0 Å². The molecular weight excluding hydrogens is 216 g/mol. The molecule has 0 aromatic rings. The van der Waals surface area contributed by atoms with Gasteiger partial charge in [0.1, 0.15) is 5.54 Å². The lowest BCUT2D eigenvalue weighted by molar-refractivity contribution is -0.149. The molecule has 0 aliphatic rings. The van der Waals surface area contributed by atoms with Gasteiger partial charge in [-0.25, -0.2) is 0 Å². The standard InChI is InChI=1S/C13H28N2O2/c1-7-17-12(16)13(6,14)8-9-15(10(2)3)11(4)5/h10-11H,7-9,14H2,1-6H3. The largest absolute Gasteiger partial charge is 0.465 e. The van der Waals surface area contributed by atoms with Gasteiger partial charge < -0.3 is 10.5 Å². The second-order valence-corrected chi connectivity index (χ2v) is 5.31. The average Bonchev–Trinajstić information content (AvgIpc) is 2.16. The molecule has 4 nitrogen and oxygen atoms in total. The van der Waals surface area contributed by atoms with Crippen LogP contribution >= 0.6 is 0 Å². The second kappa shape index (κ2) is 6.97. The van der Waals surface area contributed by atoms with Gasteiger partial charge in [0.15, 0.2) is 0 Å². The zero-order valence-electron chi connectivity index (χ0n) is 12.1. The number of rotatable bonds is 7. The van der Waals surface area contributed by atoms with Crippen molar-refractivity contribution in [3.8, 4) is 0 Å². The lowest BCUT2D eigenvalue weighted by atomic mass is 9.98. The summed E-state index contributed by atoms with van der Waals surface area (Å²) in [6, 6.07) is 0.904. The third-order valence-electron chi connectivity index (χ3n) is 2.96. The SMILES string of the molecule is CCOC(=O)C(C)(N)CCN(C(C)C)C(C)C. The Morgan fingerprint density at radius 3 is 2.12 bits per heavy atom. The Labute approximate surface area is 105 Å². The van der Waals surface area contributed by atoms with E-state index >= 15 is 0 Å². The van der Waals surface area contributed by atoms with E-state index in [4.69, 9.17) is 10.5 Å². The van der Waals surface area contributed by atoms with Gasteiger partial charge in [-0.05, 0) is 48.0 Å². The van der Waals surface area contributed by atoms with Gasteiger partial charge in [-0.3, -0.25) is 9.69 Å². The summed E-state index contributed by atoms with van der Waals surface area (Å²) in [5.41, 5.74) is 5.10. The van der Waals surface area contributed by atoms with Gasteiger partial charge in [0.25, 0.3) is 0 Å². The average molecular weight is 244 g/mol. The van der Waals surface area contributed by atoms with Crippen LogP contribution in [-0.4, -0.2) is 41.6 Å². The summed E-state index contributed by atoms with van der Waals surface area (Å²) >= 11 is 0. The van der Waals surface area contributed by atoms with E-state index in [2.05, 4.69) is 32.6 Å². The number of hydrogen-bond donors (Lipinski definition) is 1. The lowest BCUT2D eigenvalue weighted by Gasteiger charge is -2.33. The minimum Gasteiger partial charge on any atom is -0.465 e. The van der Waals surface area contributed by atoms with Crippen molar-refractivity contribution in [1.82, 2.24) is 4.90 Å². The number of carbonyl (C=O) groups is 1. The van der Waals surface area contributed by atoms with Gasteiger partial charge in [0.2, 0.25) is 0 Å². The molecule has 17 heavy (non-hydrogen) atoms. The van der Waals surface area contributed by atoms with Crippen molar-refractivity contribution in [3.63, 3.8) is 0 Å². The first kappa shape index (κ1) is 16.4. The van der Waals surface area contributed by atoms with E-state index in [1.807, 2.05) is 0 Å². The molecule has 102 valence electrons. The van der Waals surface area contributed by atoms with Gasteiger partial charge in [0, 0.05) is 18.6 Å². The van der Waals surface area contributed by atoms with Crippen LogP contribution in [0.1, 0.15) is 48.0 Å². The molecule has 0 saturated heterocycles. The number of nitrogens with zero attached hydrogens (tertiary/aromatic N) is 1. The molecule has 0 aliphatic heterocycles. The molecule has 4 heteroatoms. The molecular formula is C13H28N2O2. The molecule has 0 aliphatic carbocycles. The van der Waals surface area contributed by atoms with Crippen LogP contribution in [0.4, 0.5) is 0 Å². The highest BCUT2D eigenvalue weighted by Crippen LogP contribution is 2.13. The van der Waals surface area contributed by atoms with Crippen molar-refractivity contribution >= 4 is 5.97 Å². The van der Waals surface area contributed by atoms with E-state index in [-0.39, 0.29) is 5.97 Å². The molecule has 0 spiro atoms. The normalized spacial score (nSPS) is 15.4. The van der Waals surface area contributed by atoms with Gasteiger partial charge in [0.05, 0.1) is 6.61 Å². The molecule has 0 amide bonds. The summed E-state index contributed by atoms with van der Waals surface area (Å²) in [5.74, 6) is -0.313. The smallest absolute Gasteiger partial charge is 0.325 e. The Bertz CT molecular complexity index is 230. The van der Waals surface area contributed by atoms with Crippen LogP contribution in [0.25, 0.3) is 0 Å². The summed E-state index contributed by atoms with van der Waals surface area (Å²) < 4.78 is 4.98. The van der Waals surface area contributed by atoms with E-state index in [0.29, 0.717) is 25.1 Å². The predicted molar refractivity (Wildman–Crippen MR) is 70.8 cm³/mol. The van der Waals surface area contributed by atoms with Crippen LogP contribution in [0.5, 0.6) is 0 Å². The number of nitrogens with two attached hydrogens (primary N) is 1. The van der Waals surface area contributed by atoms with Crippen molar-refractivity contribution in [1.29, 1.82) is 0 Å². The van der Waals surface area contributed by atoms with Crippen molar-refractivity contribution in [2.45, 2.75) is 65.6 Å². The molecule has 0 saturated carbocycles. The fourth-order valence-electron chi connectivity index (χ4n) is 1.87. The van der Waals surface area contributed by atoms with Gasteiger partial charge in [-0.15, -0.1) is 0 Å². The summed E-state index contributed by atoms with van der Waals surface area (Å²) in [6.07, 6.45) is 0.613. The Balaban J connectivity index is 4.37. The molecule has 0 aromatic carbocycles. The molecule has 0 heterocycles. The quantitative estimate of drug-likeness (QED) is 0.694. The number of esters is 1. The predicted octanol–water partition coefficient (Wildman–Crippen LogP) is 1.78. The topological polar surface area (TPSA) is 55.6 Å². The van der Waals surface area contributed by atoms with E-state index < -0.39 is 5.54 Å². The minimum absolute atomic E-state index is 0.313. The Hall–Kier alpha value is -0.610. The fourth-order valence-corrected chi connectivity index (χ4v) is 1.87. The first-order valence-corrected chi connectivity index (χ1v) is 6.44. The Morgan fingerprint density at radius 1 is 1.29 bits per heavy atom. The first-order valence-electron chi connectivity index (χ1n) is 6.44. The molecule has 0 rings (SSSR count). The van der Waals surface area contributed by atoms with Crippen molar-refractivity contribution in [2.24, 2.45) is 5.73 Å². The van der Waals surface area contributed by atoms with Crippen LogP contribution in [-0.2, 0) is 9.53 Å². The molecule has 1 unspecified atom stereocenters. The highest BCUT2D eigenvalue weighted by Gasteiger charge is 2.30. The molecule has 0 radical (unpaired) electrons. The van der Waals surface area contributed by atoms with E-state index in [0.717, 1.165) is 6.54 Å². The van der Waals surface area contributed by atoms with Crippen LogP contribution < -0.4 is 5.73 Å².